The molecule has 0 amide bonds. The van der Waals surface area contributed by atoms with Crippen molar-refractivity contribution in [2.24, 2.45) is 4.99 Å². The lowest BCUT2D eigenvalue weighted by atomic mass is 10.1. The van der Waals surface area contributed by atoms with Crippen molar-refractivity contribution in [1.82, 2.24) is 15.6 Å². The third-order valence-corrected chi connectivity index (χ3v) is 4.74. The molecule has 3 rings (SSSR count). The van der Waals surface area contributed by atoms with Crippen LogP contribution in [0.1, 0.15) is 11.1 Å². The molecule has 1 aromatic heterocycles. The third-order valence-electron chi connectivity index (χ3n) is 4.74. The Labute approximate surface area is 161 Å². The molecular weight excluding hydrogens is 334 g/mol. The number of para-hydroxylation sites is 1. The van der Waals surface area contributed by atoms with Gasteiger partial charge in [-0.2, -0.15) is 0 Å². The van der Waals surface area contributed by atoms with Crippen LogP contribution in [0.15, 0.2) is 59.7 Å². The number of aliphatic imine (C=N–C) groups is 1. The minimum Gasteiger partial charge on any atom is -0.378 e. The molecule has 0 saturated heterocycles. The smallest absolute Gasteiger partial charge is 0.190 e. The van der Waals surface area contributed by atoms with Crippen LogP contribution in [0.25, 0.3) is 10.9 Å². The second-order valence-corrected chi connectivity index (χ2v) is 6.85. The summed E-state index contributed by atoms with van der Waals surface area (Å²) in [6, 6.07) is 17.1. The summed E-state index contributed by atoms with van der Waals surface area (Å²) >= 11 is 0. The average molecular weight is 364 g/mol. The van der Waals surface area contributed by atoms with Crippen LogP contribution in [0.5, 0.6) is 0 Å². The third kappa shape index (κ3) is 5.03. The predicted molar refractivity (Wildman–Crippen MR) is 116 cm³/mol. The van der Waals surface area contributed by atoms with E-state index in [1.54, 1.807) is 0 Å². The summed E-state index contributed by atoms with van der Waals surface area (Å²) in [5, 5.41) is 8.09. The van der Waals surface area contributed by atoms with Gasteiger partial charge in [0.05, 0.1) is 0 Å². The second kappa shape index (κ2) is 9.12. The average Bonchev–Trinajstić information content (AvgIpc) is 3.10. The van der Waals surface area contributed by atoms with Gasteiger partial charge in [-0.05, 0) is 42.2 Å². The van der Waals surface area contributed by atoms with E-state index in [1.165, 1.54) is 27.7 Å². The van der Waals surface area contributed by atoms with Crippen molar-refractivity contribution >= 4 is 22.5 Å². The molecule has 0 radical (unpaired) electrons. The normalized spacial score (nSPS) is 11.6. The molecule has 0 fully saturated rings. The number of nitrogens with one attached hydrogen (secondary N) is 3. The van der Waals surface area contributed by atoms with Crippen LogP contribution in [-0.2, 0) is 12.8 Å². The lowest BCUT2D eigenvalue weighted by Crippen LogP contribution is -2.39. The molecule has 3 N–H and O–H groups in total. The van der Waals surface area contributed by atoms with E-state index < -0.39 is 0 Å². The fourth-order valence-electron chi connectivity index (χ4n) is 3.16. The van der Waals surface area contributed by atoms with Gasteiger partial charge in [-0.15, -0.1) is 0 Å². The molecule has 3 aromatic rings. The zero-order valence-corrected chi connectivity index (χ0v) is 16.4. The van der Waals surface area contributed by atoms with Crippen LogP contribution in [0.3, 0.4) is 0 Å². The topological polar surface area (TPSA) is 55.5 Å². The number of nitrogens with zero attached hydrogens (tertiary/aromatic N) is 2. The number of benzene rings is 2. The van der Waals surface area contributed by atoms with Crippen molar-refractivity contribution in [3.8, 4) is 0 Å². The van der Waals surface area contributed by atoms with E-state index in [2.05, 4.69) is 94.3 Å². The Morgan fingerprint density at radius 2 is 1.67 bits per heavy atom. The molecule has 0 saturated carbocycles. The Kier molecular flexibility index (Phi) is 6.36. The summed E-state index contributed by atoms with van der Waals surface area (Å²) in [5.41, 5.74) is 5.06. The van der Waals surface area contributed by atoms with Crippen molar-refractivity contribution in [3.63, 3.8) is 0 Å². The molecule has 0 spiro atoms. The molecule has 0 bridgehead atoms. The molecule has 5 heteroatoms. The molecular formula is C22H29N5. The maximum absolute atomic E-state index is 4.32. The van der Waals surface area contributed by atoms with Gasteiger partial charge in [-0.1, -0.05) is 30.3 Å². The molecule has 5 nitrogen and oxygen atoms in total. The fraction of sp³-hybridized carbons (Fsp3) is 0.318. The Bertz CT molecular complexity index is 877. The molecule has 142 valence electrons. The largest absolute Gasteiger partial charge is 0.378 e. The number of hydrogen-bond acceptors (Lipinski definition) is 2. The van der Waals surface area contributed by atoms with Crippen LogP contribution in [0.2, 0.25) is 0 Å². The zero-order chi connectivity index (χ0) is 19.1. The van der Waals surface area contributed by atoms with Gasteiger partial charge in [0, 0.05) is 57.0 Å². The molecule has 0 aliphatic heterocycles. The first-order valence-corrected chi connectivity index (χ1v) is 9.43. The van der Waals surface area contributed by atoms with Gasteiger partial charge >= 0.3 is 0 Å². The maximum Gasteiger partial charge on any atom is 0.190 e. The number of H-pyrrole nitrogens is 1. The maximum atomic E-state index is 4.32. The summed E-state index contributed by atoms with van der Waals surface area (Å²) in [7, 11) is 5.93. The van der Waals surface area contributed by atoms with Crippen LogP contribution >= 0.6 is 0 Å². The van der Waals surface area contributed by atoms with Crippen molar-refractivity contribution < 1.29 is 0 Å². The standard InChI is InChI=1S/C22H29N5/c1-23-22(24-14-12-17-8-10-19(11-9-17)27(2)3)25-15-13-18-16-26-21-7-5-4-6-20(18)21/h4-11,16,26H,12-15H2,1-3H3,(H2,23,24,25). The number of rotatable bonds is 7. The molecule has 0 unspecified atom stereocenters. The van der Waals surface area contributed by atoms with Gasteiger partial charge < -0.3 is 20.5 Å². The zero-order valence-electron chi connectivity index (χ0n) is 16.4. The summed E-state index contributed by atoms with van der Waals surface area (Å²) in [4.78, 5) is 9.76. The Hall–Kier alpha value is -2.95. The lowest BCUT2D eigenvalue weighted by molar-refractivity contribution is 0.785. The number of aromatic nitrogens is 1. The summed E-state index contributed by atoms with van der Waals surface area (Å²) in [6.07, 6.45) is 4.02. The van der Waals surface area contributed by atoms with Crippen LogP contribution in [-0.4, -0.2) is 45.2 Å². The van der Waals surface area contributed by atoms with Gasteiger partial charge in [-0.25, -0.2) is 0 Å². The minimum absolute atomic E-state index is 0.846. The molecule has 2 aromatic carbocycles. The van der Waals surface area contributed by atoms with Crippen LogP contribution in [0, 0.1) is 0 Å². The van der Waals surface area contributed by atoms with E-state index in [9.17, 15) is 0 Å². The van der Waals surface area contributed by atoms with Crippen LogP contribution in [0.4, 0.5) is 5.69 Å². The first kappa shape index (κ1) is 18.8. The monoisotopic (exact) mass is 363 g/mol. The van der Waals surface area contributed by atoms with Gasteiger partial charge in [0.15, 0.2) is 5.96 Å². The number of fused-ring (bicyclic) bond motifs is 1. The van der Waals surface area contributed by atoms with Crippen molar-refractivity contribution in [2.45, 2.75) is 12.8 Å². The predicted octanol–water partition coefficient (Wildman–Crippen LogP) is 3.18. The molecule has 27 heavy (non-hydrogen) atoms. The van der Waals surface area contributed by atoms with Gasteiger partial charge in [0.1, 0.15) is 0 Å². The molecule has 0 atom stereocenters. The van der Waals surface area contributed by atoms with Gasteiger partial charge in [0.2, 0.25) is 0 Å². The fourth-order valence-corrected chi connectivity index (χ4v) is 3.16. The number of anilines is 1. The van der Waals surface area contributed by atoms with E-state index in [0.717, 1.165) is 31.9 Å². The van der Waals surface area contributed by atoms with Gasteiger partial charge in [0.25, 0.3) is 0 Å². The Morgan fingerprint density at radius 1 is 0.963 bits per heavy atom. The summed E-state index contributed by atoms with van der Waals surface area (Å²) in [6.45, 7) is 1.70. The van der Waals surface area contributed by atoms with Crippen molar-refractivity contribution in [3.05, 3.63) is 65.9 Å². The van der Waals surface area contributed by atoms with E-state index >= 15 is 0 Å². The van der Waals surface area contributed by atoms with Crippen molar-refractivity contribution in [1.29, 1.82) is 0 Å². The highest BCUT2D eigenvalue weighted by Gasteiger charge is 2.04. The SMILES string of the molecule is CN=C(NCCc1ccc(N(C)C)cc1)NCCc1c[nH]c2ccccc12. The van der Waals surface area contributed by atoms with E-state index in [1.807, 2.05) is 7.05 Å². The number of aromatic amines is 1. The molecule has 0 aliphatic rings. The van der Waals surface area contributed by atoms with E-state index in [4.69, 9.17) is 0 Å². The summed E-state index contributed by atoms with van der Waals surface area (Å²) < 4.78 is 0. The van der Waals surface area contributed by atoms with Crippen LogP contribution < -0.4 is 15.5 Å². The Morgan fingerprint density at radius 3 is 2.37 bits per heavy atom. The Balaban J connectivity index is 1.43. The molecule has 1 heterocycles. The van der Waals surface area contributed by atoms with E-state index in [-0.39, 0.29) is 0 Å². The first-order valence-electron chi connectivity index (χ1n) is 9.43. The number of guanidine groups is 1. The second-order valence-electron chi connectivity index (χ2n) is 6.85. The highest BCUT2D eigenvalue weighted by molar-refractivity contribution is 5.83. The highest BCUT2D eigenvalue weighted by Crippen LogP contribution is 2.17. The summed E-state index contributed by atoms with van der Waals surface area (Å²) in [5.74, 6) is 0.847. The van der Waals surface area contributed by atoms with Crippen molar-refractivity contribution in [2.75, 3.05) is 39.1 Å². The first-order chi connectivity index (χ1) is 13.2. The highest BCUT2D eigenvalue weighted by atomic mass is 15.2. The molecule has 0 aliphatic carbocycles. The lowest BCUT2D eigenvalue weighted by Gasteiger charge is -2.14. The number of hydrogen-bond donors (Lipinski definition) is 3. The minimum atomic E-state index is 0.846. The van der Waals surface area contributed by atoms with E-state index in [0.29, 0.717) is 0 Å². The van der Waals surface area contributed by atoms with Gasteiger partial charge in [-0.3, -0.25) is 4.99 Å². The quantitative estimate of drug-likeness (QED) is 0.446.